The summed E-state index contributed by atoms with van der Waals surface area (Å²) in [6.07, 6.45) is 3.17. The third kappa shape index (κ3) is 2.54. The molecular formula is C12H16FN3O. The zero-order chi connectivity index (χ0) is 12.4. The predicted octanol–water partition coefficient (Wildman–Crippen LogP) is 1.79. The lowest BCUT2D eigenvalue weighted by molar-refractivity contribution is 0.0949. The molecule has 1 aliphatic rings. The van der Waals surface area contributed by atoms with Crippen LogP contribution in [-0.4, -0.2) is 24.0 Å². The van der Waals surface area contributed by atoms with Crippen LogP contribution in [0.5, 0.6) is 0 Å². The molecule has 2 rings (SSSR count). The number of nitrogens with one attached hydrogen (secondary N) is 2. The van der Waals surface area contributed by atoms with Gasteiger partial charge >= 0.3 is 0 Å². The molecular weight excluding hydrogens is 221 g/mol. The number of nitrogens with zero attached hydrogens (tertiary/aromatic N) is 1. The number of carbonyl (C=O) groups excluding carboxylic acids is 1. The Kier molecular flexibility index (Phi) is 3.26. The van der Waals surface area contributed by atoms with Crippen molar-refractivity contribution in [3.8, 4) is 0 Å². The highest BCUT2D eigenvalue weighted by atomic mass is 19.1. The van der Waals surface area contributed by atoms with Crippen molar-refractivity contribution in [2.24, 2.45) is 5.92 Å². The van der Waals surface area contributed by atoms with Crippen molar-refractivity contribution in [1.82, 2.24) is 10.3 Å². The average Bonchev–Trinajstić information content (AvgIpc) is 3.07. The van der Waals surface area contributed by atoms with Crippen LogP contribution in [0.4, 0.5) is 10.2 Å². The number of halogens is 1. The summed E-state index contributed by atoms with van der Waals surface area (Å²) in [6, 6.07) is 1.44. The van der Waals surface area contributed by atoms with E-state index in [9.17, 15) is 9.18 Å². The summed E-state index contributed by atoms with van der Waals surface area (Å²) in [7, 11) is 1.66. The first kappa shape index (κ1) is 11.8. The highest BCUT2D eigenvalue weighted by Gasteiger charge is 2.36. The second kappa shape index (κ2) is 4.69. The van der Waals surface area contributed by atoms with Gasteiger partial charge in [0, 0.05) is 13.1 Å². The monoisotopic (exact) mass is 237 g/mol. The van der Waals surface area contributed by atoms with Crippen LogP contribution in [0.1, 0.15) is 30.1 Å². The Morgan fingerprint density at radius 2 is 2.41 bits per heavy atom. The molecule has 2 N–H and O–H groups in total. The number of rotatable bonds is 4. The van der Waals surface area contributed by atoms with Gasteiger partial charge in [0.1, 0.15) is 11.6 Å². The van der Waals surface area contributed by atoms with Crippen molar-refractivity contribution in [3.05, 3.63) is 23.6 Å². The molecule has 1 amide bonds. The molecule has 0 spiro atoms. The molecule has 17 heavy (non-hydrogen) atoms. The SMILES string of the molecule is CCC1CC1NC(=O)c1cc(F)cnc1NC. The Bertz CT molecular complexity index is 436. The summed E-state index contributed by atoms with van der Waals surface area (Å²) < 4.78 is 13.1. The average molecular weight is 237 g/mol. The van der Waals surface area contributed by atoms with Gasteiger partial charge in [0.15, 0.2) is 0 Å². The lowest BCUT2D eigenvalue weighted by Gasteiger charge is -2.08. The summed E-state index contributed by atoms with van der Waals surface area (Å²) in [5, 5.41) is 5.67. The van der Waals surface area contributed by atoms with Crippen LogP contribution in [0, 0.1) is 11.7 Å². The Morgan fingerprint density at radius 1 is 1.65 bits per heavy atom. The number of amides is 1. The van der Waals surface area contributed by atoms with Gasteiger partial charge in [0.2, 0.25) is 0 Å². The predicted molar refractivity (Wildman–Crippen MR) is 63.4 cm³/mol. The van der Waals surface area contributed by atoms with Gasteiger partial charge in [0.05, 0.1) is 11.8 Å². The molecule has 0 bridgehead atoms. The van der Waals surface area contributed by atoms with Crippen LogP contribution in [0.3, 0.4) is 0 Å². The fraction of sp³-hybridized carbons (Fsp3) is 0.500. The van der Waals surface area contributed by atoms with Crippen molar-refractivity contribution in [2.75, 3.05) is 12.4 Å². The van der Waals surface area contributed by atoms with Crippen molar-refractivity contribution in [2.45, 2.75) is 25.8 Å². The third-order valence-electron chi connectivity index (χ3n) is 3.10. The first-order valence-electron chi connectivity index (χ1n) is 5.79. The fourth-order valence-electron chi connectivity index (χ4n) is 1.93. The van der Waals surface area contributed by atoms with Crippen LogP contribution in [0.2, 0.25) is 0 Å². The zero-order valence-electron chi connectivity index (χ0n) is 9.96. The van der Waals surface area contributed by atoms with Gasteiger partial charge in [-0.1, -0.05) is 13.3 Å². The van der Waals surface area contributed by atoms with Crippen molar-refractivity contribution in [1.29, 1.82) is 0 Å². The number of hydrogen-bond donors (Lipinski definition) is 2. The van der Waals surface area contributed by atoms with E-state index in [0.29, 0.717) is 11.7 Å². The van der Waals surface area contributed by atoms with Gasteiger partial charge in [0.25, 0.3) is 5.91 Å². The maximum absolute atomic E-state index is 13.1. The molecule has 0 aliphatic heterocycles. The Labute approximate surface area is 99.6 Å². The van der Waals surface area contributed by atoms with Gasteiger partial charge in [-0.25, -0.2) is 9.37 Å². The van der Waals surface area contributed by atoms with E-state index in [4.69, 9.17) is 0 Å². The number of pyridine rings is 1. The van der Waals surface area contributed by atoms with Gasteiger partial charge in [-0.2, -0.15) is 0 Å². The van der Waals surface area contributed by atoms with Crippen molar-refractivity contribution < 1.29 is 9.18 Å². The van der Waals surface area contributed by atoms with Crippen LogP contribution >= 0.6 is 0 Å². The van der Waals surface area contributed by atoms with E-state index in [0.717, 1.165) is 19.0 Å². The molecule has 92 valence electrons. The standard InChI is InChI=1S/C12H16FN3O/c1-3-7-4-10(7)16-12(17)9-5-8(13)6-15-11(9)14-2/h5-7,10H,3-4H2,1-2H3,(H,14,15)(H,16,17). The Morgan fingerprint density at radius 3 is 3.00 bits per heavy atom. The van der Waals surface area contributed by atoms with Crippen LogP contribution in [0.15, 0.2) is 12.3 Å². The lowest BCUT2D eigenvalue weighted by atomic mass is 10.2. The summed E-state index contributed by atoms with van der Waals surface area (Å²) in [5.41, 5.74) is 0.259. The van der Waals surface area contributed by atoms with E-state index in [-0.39, 0.29) is 17.5 Å². The summed E-state index contributed by atoms with van der Waals surface area (Å²) >= 11 is 0. The molecule has 1 heterocycles. The third-order valence-corrected chi connectivity index (χ3v) is 3.10. The molecule has 2 unspecified atom stereocenters. The molecule has 1 aromatic rings. The first-order valence-corrected chi connectivity index (χ1v) is 5.79. The highest BCUT2D eigenvalue weighted by Crippen LogP contribution is 2.33. The van der Waals surface area contributed by atoms with Gasteiger partial charge < -0.3 is 10.6 Å². The van der Waals surface area contributed by atoms with E-state index < -0.39 is 5.82 Å². The minimum atomic E-state index is -0.503. The van der Waals surface area contributed by atoms with E-state index in [2.05, 4.69) is 22.5 Å². The van der Waals surface area contributed by atoms with Crippen LogP contribution in [-0.2, 0) is 0 Å². The molecule has 0 aromatic carbocycles. The topological polar surface area (TPSA) is 54.0 Å². The van der Waals surface area contributed by atoms with Gasteiger partial charge in [-0.15, -0.1) is 0 Å². The van der Waals surface area contributed by atoms with E-state index in [1.54, 1.807) is 7.05 Å². The molecule has 5 heteroatoms. The maximum Gasteiger partial charge on any atom is 0.255 e. The van der Waals surface area contributed by atoms with E-state index >= 15 is 0 Å². The van der Waals surface area contributed by atoms with Gasteiger partial charge in [-0.05, 0) is 18.4 Å². The van der Waals surface area contributed by atoms with Crippen molar-refractivity contribution in [3.63, 3.8) is 0 Å². The fourth-order valence-corrected chi connectivity index (χ4v) is 1.93. The molecule has 1 fully saturated rings. The minimum Gasteiger partial charge on any atom is -0.372 e. The van der Waals surface area contributed by atoms with Crippen molar-refractivity contribution >= 4 is 11.7 Å². The number of anilines is 1. The van der Waals surface area contributed by atoms with Crippen LogP contribution < -0.4 is 10.6 Å². The maximum atomic E-state index is 13.1. The Hall–Kier alpha value is -1.65. The molecule has 1 aliphatic carbocycles. The normalized spacial score (nSPS) is 22.1. The highest BCUT2D eigenvalue weighted by molar-refractivity contribution is 5.99. The van der Waals surface area contributed by atoms with Gasteiger partial charge in [-0.3, -0.25) is 4.79 Å². The van der Waals surface area contributed by atoms with E-state index in [1.165, 1.54) is 6.07 Å². The lowest BCUT2D eigenvalue weighted by Crippen LogP contribution is -2.27. The van der Waals surface area contributed by atoms with E-state index in [1.807, 2.05) is 0 Å². The summed E-state index contributed by atoms with van der Waals surface area (Å²) in [5.74, 6) is 0.204. The molecule has 4 nitrogen and oxygen atoms in total. The Balaban J connectivity index is 2.10. The second-order valence-electron chi connectivity index (χ2n) is 4.28. The molecule has 1 aromatic heterocycles. The van der Waals surface area contributed by atoms with Crippen LogP contribution in [0.25, 0.3) is 0 Å². The number of hydrogen-bond acceptors (Lipinski definition) is 3. The molecule has 0 radical (unpaired) electrons. The summed E-state index contributed by atoms with van der Waals surface area (Å²) in [4.78, 5) is 15.8. The first-order chi connectivity index (χ1) is 8.15. The smallest absolute Gasteiger partial charge is 0.255 e. The quantitative estimate of drug-likeness (QED) is 0.839. The minimum absolute atomic E-state index is 0.237. The second-order valence-corrected chi connectivity index (χ2v) is 4.28. The molecule has 0 saturated heterocycles. The molecule has 2 atom stereocenters. The summed E-state index contributed by atoms with van der Waals surface area (Å²) in [6.45, 7) is 2.10. The molecule has 1 saturated carbocycles. The zero-order valence-corrected chi connectivity index (χ0v) is 9.96. The largest absolute Gasteiger partial charge is 0.372 e. The number of carbonyl (C=O) groups is 1. The number of aromatic nitrogens is 1.